The Morgan fingerprint density at radius 1 is 1.38 bits per heavy atom. The van der Waals surface area contributed by atoms with Crippen molar-refractivity contribution >= 4 is 15.9 Å². The zero-order valence-corrected chi connectivity index (χ0v) is 14.5. The highest BCUT2D eigenvalue weighted by molar-refractivity contribution is 9.10. The molecule has 3 nitrogen and oxygen atoms in total. The molecule has 0 saturated carbocycles. The third kappa shape index (κ3) is 4.03. The summed E-state index contributed by atoms with van der Waals surface area (Å²) in [6.07, 6.45) is 0.659. The van der Waals surface area contributed by atoms with Crippen molar-refractivity contribution in [1.82, 2.24) is 10.2 Å². The molecule has 1 atom stereocenters. The molecule has 0 aromatic heterocycles. The fraction of sp³-hybridized carbons (Fsp3) is 0.625. The molecule has 1 aliphatic rings. The normalized spacial score (nSPS) is 18.7. The van der Waals surface area contributed by atoms with E-state index in [2.05, 4.69) is 40.0 Å². The van der Waals surface area contributed by atoms with Gasteiger partial charge in [-0.1, -0.05) is 15.9 Å². The molecule has 2 rings (SSSR count). The minimum absolute atomic E-state index is 0.0622. The number of nitrogens with one attached hydrogen (secondary N) is 1. The Morgan fingerprint density at radius 2 is 2.05 bits per heavy atom. The lowest BCUT2D eigenvalue weighted by Crippen LogP contribution is -2.60. The van der Waals surface area contributed by atoms with Crippen LogP contribution in [0, 0.1) is 5.82 Å². The van der Waals surface area contributed by atoms with Gasteiger partial charge in [0.25, 0.3) is 0 Å². The number of benzene rings is 1. The highest BCUT2D eigenvalue weighted by Gasteiger charge is 2.35. The fourth-order valence-electron chi connectivity index (χ4n) is 2.98. The first kappa shape index (κ1) is 16.9. The van der Waals surface area contributed by atoms with E-state index in [1.807, 2.05) is 13.1 Å². The number of likely N-dealkylation sites (N-methyl/N-ethyl adjacent to an activating group) is 1. The maximum atomic E-state index is 14.0. The van der Waals surface area contributed by atoms with E-state index in [1.54, 1.807) is 6.07 Å². The van der Waals surface area contributed by atoms with Crippen molar-refractivity contribution in [3.8, 4) is 0 Å². The van der Waals surface area contributed by atoms with Crippen LogP contribution in [-0.2, 0) is 11.2 Å². The van der Waals surface area contributed by atoms with E-state index in [0.29, 0.717) is 6.42 Å². The van der Waals surface area contributed by atoms with E-state index in [-0.39, 0.29) is 17.4 Å². The molecule has 21 heavy (non-hydrogen) atoms. The maximum absolute atomic E-state index is 14.0. The molecule has 1 aliphatic heterocycles. The number of hydrogen-bond donors (Lipinski definition) is 1. The fourth-order valence-corrected chi connectivity index (χ4v) is 3.39. The zero-order valence-electron chi connectivity index (χ0n) is 13.0. The van der Waals surface area contributed by atoms with Crippen molar-refractivity contribution in [2.45, 2.75) is 31.8 Å². The molecule has 0 radical (unpaired) electrons. The van der Waals surface area contributed by atoms with Gasteiger partial charge in [-0.25, -0.2) is 4.39 Å². The van der Waals surface area contributed by atoms with Crippen LogP contribution in [0.2, 0.25) is 0 Å². The summed E-state index contributed by atoms with van der Waals surface area (Å²) in [6, 6.07) is 5.29. The van der Waals surface area contributed by atoms with Gasteiger partial charge in [-0.05, 0) is 51.1 Å². The van der Waals surface area contributed by atoms with E-state index >= 15 is 0 Å². The second-order valence-electron chi connectivity index (χ2n) is 6.03. The number of hydrogen-bond acceptors (Lipinski definition) is 3. The highest BCUT2D eigenvalue weighted by atomic mass is 79.9. The van der Waals surface area contributed by atoms with Crippen LogP contribution in [-0.4, -0.2) is 49.8 Å². The molecular formula is C16H24BrFN2O. The topological polar surface area (TPSA) is 24.5 Å². The molecule has 0 bridgehead atoms. The molecule has 0 spiro atoms. The number of halogens is 2. The molecule has 1 aromatic carbocycles. The average molecular weight is 359 g/mol. The van der Waals surface area contributed by atoms with Crippen LogP contribution in [0.3, 0.4) is 0 Å². The van der Waals surface area contributed by atoms with Crippen molar-refractivity contribution in [3.63, 3.8) is 0 Å². The summed E-state index contributed by atoms with van der Waals surface area (Å²) in [4.78, 5) is 2.42. The van der Waals surface area contributed by atoms with E-state index in [4.69, 9.17) is 4.74 Å². The highest BCUT2D eigenvalue weighted by Crippen LogP contribution is 2.25. The SMILES string of the molecule is CNC(Cc1cc(Br)ccc1F)C(C)(C)N1CCOCC1. The van der Waals surface area contributed by atoms with Crippen molar-refractivity contribution < 1.29 is 9.13 Å². The number of morpholine rings is 1. The van der Waals surface area contributed by atoms with Gasteiger partial charge < -0.3 is 10.1 Å². The van der Waals surface area contributed by atoms with Gasteiger partial charge in [0.05, 0.1) is 13.2 Å². The molecule has 1 aromatic rings. The van der Waals surface area contributed by atoms with Crippen molar-refractivity contribution in [1.29, 1.82) is 0 Å². The summed E-state index contributed by atoms with van der Waals surface area (Å²) < 4.78 is 20.4. The molecule has 118 valence electrons. The van der Waals surface area contributed by atoms with Crippen LogP contribution in [0.4, 0.5) is 4.39 Å². The lowest BCUT2D eigenvalue weighted by atomic mass is 9.87. The monoisotopic (exact) mass is 358 g/mol. The van der Waals surface area contributed by atoms with Crippen LogP contribution in [0.25, 0.3) is 0 Å². The Labute approximate surface area is 135 Å². The second kappa shape index (κ2) is 7.18. The van der Waals surface area contributed by atoms with E-state index in [1.165, 1.54) is 6.07 Å². The molecule has 1 heterocycles. The van der Waals surface area contributed by atoms with Gasteiger partial charge in [0.15, 0.2) is 0 Å². The average Bonchev–Trinajstić information content (AvgIpc) is 2.48. The second-order valence-corrected chi connectivity index (χ2v) is 6.95. The Kier molecular flexibility index (Phi) is 5.77. The minimum Gasteiger partial charge on any atom is -0.379 e. The smallest absolute Gasteiger partial charge is 0.126 e. The Balaban J connectivity index is 2.16. The quantitative estimate of drug-likeness (QED) is 0.875. The van der Waals surface area contributed by atoms with Crippen LogP contribution >= 0.6 is 15.9 Å². The summed E-state index contributed by atoms with van der Waals surface area (Å²) in [7, 11) is 1.95. The number of ether oxygens (including phenoxy) is 1. The van der Waals surface area contributed by atoms with Gasteiger partial charge in [0.2, 0.25) is 0 Å². The third-order valence-electron chi connectivity index (χ3n) is 4.46. The Morgan fingerprint density at radius 3 is 2.67 bits per heavy atom. The lowest BCUT2D eigenvalue weighted by Gasteiger charge is -2.46. The molecule has 1 N–H and O–H groups in total. The summed E-state index contributed by atoms with van der Waals surface area (Å²) in [5.41, 5.74) is 0.679. The number of nitrogens with zero attached hydrogens (tertiary/aromatic N) is 1. The summed E-state index contributed by atoms with van der Waals surface area (Å²) in [5, 5.41) is 3.37. The van der Waals surface area contributed by atoms with Crippen LogP contribution < -0.4 is 5.32 Å². The molecule has 0 aliphatic carbocycles. The molecule has 5 heteroatoms. The summed E-state index contributed by atoms with van der Waals surface area (Å²) in [6.45, 7) is 7.82. The van der Waals surface area contributed by atoms with Gasteiger partial charge in [-0.3, -0.25) is 4.90 Å². The Hall–Kier alpha value is -0.490. The lowest BCUT2D eigenvalue weighted by molar-refractivity contribution is -0.0224. The molecular weight excluding hydrogens is 335 g/mol. The zero-order chi connectivity index (χ0) is 15.5. The Bertz CT molecular complexity index is 475. The standard InChI is InChI=1S/C16H24BrFN2O/c1-16(2,20-6-8-21-9-7-20)15(19-3)11-12-10-13(17)4-5-14(12)18/h4-5,10,15,19H,6-9,11H2,1-3H3. The first-order valence-electron chi connectivity index (χ1n) is 7.39. The van der Waals surface area contributed by atoms with Gasteiger partial charge >= 0.3 is 0 Å². The van der Waals surface area contributed by atoms with Gasteiger partial charge in [-0.15, -0.1) is 0 Å². The molecule has 1 saturated heterocycles. The molecule has 1 fully saturated rings. The van der Waals surface area contributed by atoms with Gasteiger partial charge in [0, 0.05) is 29.1 Å². The number of rotatable bonds is 5. The first-order valence-corrected chi connectivity index (χ1v) is 8.18. The maximum Gasteiger partial charge on any atom is 0.126 e. The van der Waals surface area contributed by atoms with Gasteiger partial charge in [0.1, 0.15) is 5.82 Å². The molecule has 0 amide bonds. The van der Waals surface area contributed by atoms with Crippen molar-refractivity contribution in [2.75, 3.05) is 33.4 Å². The van der Waals surface area contributed by atoms with Crippen LogP contribution in [0.1, 0.15) is 19.4 Å². The van der Waals surface area contributed by atoms with E-state index in [9.17, 15) is 4.39 Å². The van der Waals surface area contributed by atoms with Gasteiger partial charge in [-0.2, -0.15) is 0 Å². The summed E-state index contributed by atoms with van der Waals surface area (Å²) in [5.74, 6) is -0.142. The predicted molar refractivity (Wildman–Crippen MR) is 87.1 cm³/mol. The summed E-state index contributed by atoms with van der Waals surface area (Å²) >= 11 is 3.42. The van der Waals surface area contributed by atoms with Crippen LogP contribution in [0.5, 0.6) is 0 Å². The van der Waals surface area contributed by atoms with E-state index < -0.39 is 0 Å². The van der Waals surface area contributed by atoms with Crippen LogP contribution in [0.15, 0.2) is 22.7 Å². The predicted octanol–water partition coefficient (Wildman–Crippen LogP) is 2.83. The first-order chi connectivity index (χ1) is 9.95. The van der Waals surface area contributed by atoms with Crippen molar-refractivity contribution in [3.05, 3.63) is 34.1 Å². The largest absolute Gasteiger partial charge is 0.379 e. The van der Waals surface area contributed by atoms with E-state index in [0.717, 1.165) is 36.3 Å². The third-order valence-corrected chi connectivity index (χ3v) is 4.95. The molecule has 1 unspecified atom stereocenters. The van der Waals surface area contributed by atoms with Crippen molar-refractivity contribution in [2.24, 2.45) is 0 Å². The minimum atomic E-state index is -0.142.